The van der Waals surface area contributed by atoms with Crippen molar-refractivity contribution in [3.05, 3.63) is 46.6 Å². The van der Waals surface area contributed by atoms with E-state index in [0.717, 1.165) is 15.9 Å². The summed E-state index contributed by atoms with van der Waals surface area (Å²) in [6.07, 6.45) is 0. The fourth-order valence-electron chi connectivity index (χ4n) is 1.27. The van der Waals surface area contributed by atoms with Crippen LogP contribution in [0.5, 0.6) is 0 Å². The molecular formula is C11H9BrN2. The molecule has 0 saturated heterocycles. The molecule has 0 unspecified atom stereocenters. The molecule has 70 valence electrons. The van der Waals surface area contributed by atoms with Crippen molar-refractivity contribution in [3.8, 4) is 11.3 Å². The van der Waals surface area contributed by atoms with E-state index in [1.165, 1.54) is 5.56 Å². The molecule has 14 heavy (non-hydrogen) atoms. The Labute approximate surface area is 91.1 Å². The van der Waals surface area contributed by atoms with Gasteiger partial charge < -0.3 is 0 Å². The van der Waals surface area contributed by atoms with Crippen LogP contribution in [0.25, 0.3) is 11.3 Å². The van der Waals surface area contributed by atoms with Gasteiger partial charge >= 0.3 is 0 Å². The zero-order valence-corrected chi connectivity index (χ0v) is 9.32. The van der Waals surface area contributed by atoms with Crippen LogP contribution in [0, 0.1) is 6.92 Å². The van der Waals surface area contributed by atoms with Gasteiger partial charge in [-0.2, -0.15) is 0 Å². The Hall–Kier alpha value is -1.22. The zero-order valence-electron chi connectivity index (χ0n) is 7.74. The summed E-state index contributed by atoms with van der Waals surface area (Å²) in [6.45, 7) is 2.07. The molecule has 0 radical (unpaired) electrons. The average molecular weight is 249 g/mol. The number of halogens is 1. The first kappa shape index (κ1) is 9.34. The van der Waals surface area contributed by atoms with Crippen molar-refractivity contribution in [2.45, 2.75) is 6.92 Å². The number of nitrogens with zero attached hydrogens (tertiary/aromatic N) is 2. The molecule has 0 atom stereocenters. The second-order valence-electron chi connectivity index (χ2n) is 3.11. The Balaban J connectivity index is 2.44. The van der Waals surface area contributed by atoms with Crippen LogP contribution >= 0.6 is 15.9 Å². The summed E-state index contributed by atoms with van der Waals surface area (Å²) in [5.74, 6) is 0. The number of hydrogen-bond donors (Lipinski definition) is 0. The summed E-state index contributed by atoms with van der Waals surface area (Å²) < 4.78 is 0.758. The van der Waals surface area contributed by atoms with Crippen molar-refractivity contribution in [2.24, 2.45) is 0 Å². The lowest BCUT2D eigenvalue weighted by molar-refractivity contribution is 1.01. The molecule has 0 fully saturated rings. The predicted octanol–water partition coefficient (Wildman–Crippen LogP) is 3.21. The van der Waals surface area contributed by atoms with Crippen LogP contribution in [0.15, 0.2) is 41.0 Å². The molecule has 2 aromatic rings. The minimum atomic E-state index is 0.758. The minimum Gasteiger partial charge on any atom is -0.149 e. The monoisotopic (exact) mass is 248 g/mol. The lowest BCUT2D eigenvalue weighted by atomic mass is 10.1. The van der Waals surface area contributed by atoms with E-state index in [4.69, 9.17) is 0 Å². The van der Waals surface area contributed by atoms with Crippen LogP contribution in [0.2, 0.25) is 0 Å². The van der Waals surface area contributed by atoms with Crippen molar-refractivity contribution in [2.75, 3.05) is 0 Å². The molecule has 3 heteroatoms. The minimum absolute atomic E-state index is 0.758. The fraction of sp³-hybridized carbons (Fsp3) is 0.0909. The Bertz CT molecular complexity index is 437. The van der Waals surface area contributed by atoms with Crippen molar-refractivity contribution in [3.63, 3.8) is 0 Å². The molecule has 0 aliphatic carbocycles. The summed E-state index contributed by atoms with van der Waals surface area (Å²) in [5.41, 5.74) is 3.23. The van der Waals surface area contributed by atoms with E-state index in [9.17, 15) is 0 Å². The highest BCUT2D eigenvalue weighted by Gasteiger charge is 1.99. The number of rotatable bonds is 1. The molecule has 0 aliphatic heterocycles. The first-order chi connectivity index (χ1) is 6.75. The summed E-state index contributed by atoms with van der Waals surface area (Å²) in [5, 5.41) is 8.04. The Morgan fingerprint density at radius 1 is 1.07 bits per heavy atom. The highest BCUT2D eigenvalue weighted by atomic mass is 79.9. The lowest BCUT2D eigenvalue weighted by Crippen LogP contribution is -1.87. The summed E-state index contributed by atoms with van der Waals surface area (Å²) >= 11 is 3.26. The van der Waals surface area contributed by atoms with Gasteiger partial charge in [0.2, 0.25) is 0 Å². The maximum atomic E-state index is 4.09. The third-order valence-electron chi connectivity index (χ3n) is 1.95. The third-order valence-corrected chi connectivity index (χ3v) is 2.37. The molecule has 0 bridgehead atoms. The standard InChI is InChI=1S/C11H9BrN2/c1-8-3-2-4-9(7-8)10-5-6-11(12)14-13-10/h2-7H,1H3. The quantitative estimate of drug-likeness (QED) is 0.775. The first-order valence-electron chi connectivity index (χ1n) is 4.32. The van der Waals surface area contributed by atoms with Crippen LogP contribution in [0.1, 0.15) is 5.56 Å². The lowest BCUT2D eigenvalue weighted by Gasteiger charge is -2.00. The summed E-state index contributed by atoms with van der Waals surface area (Å²) in [7, 11) is 0. The number of benzene rings is 1. The van der Waals surface area contributed by atoms with Crippen molar-refractivity contribution < 1.29 is 0 Å². The van der Waals surface area contributed by atoms with Crippen molar-refractivity contribution >= 4 is 15.9 Å². The van der Waals surface area contributed by atoms with Crippen molar-refractivity contribution in [1.29, 1.82) is 0 Å². The molecule has 2 rings (SSSR count). The van der Waals surface area contributed by atoms with Gasteiger partial charge in [-0.25, -0.2) is 0 Å². The maximum Gasteiger partial charge on any atom is 0.128 e. The highest BCUT2D eigenvalue weighted by Crippen LogP contribution is 2.18. The molecule has 0 spiro atoms. The molecule has 0 amide bonds. The summed E-state index contributed by atoms with van der Waals surface area (Å²) in [6, 6.07) is 12.1. The van der Waals surface area contributed by atoms with Crippen LogP contribution in [-0.4, -0.2) is 10.2 Å². The third kappa shape index (κ3) is 1.99. The van der Waals surface area contributed by atoms with Crippen LogP contribution in [-0.2, 0) is 0 Å². The Morgan fingerprint density at radius 3 is 2.57 bits per heavy atom. The molecule has 2 nitrogen and oxygen atoms in total. The molecule has 1 heterocycles. The number of hydrogen-bond acceptors (Lipinski definition) is 2. The Kier molecular flexibility index (Phi) is 2.59. The molecule has 1 aromatic carbocycles. The normalized spacial score (nSPS) is 10.1. The van der Waals surface area contributed by atoms with E-state index in [-0.39, 0.29) is 0 Å². The highest BCUT2D eigenvalue weighted by molar-refractivity contribution is 9.10. The van der Waals surface area contributed by atoms with Crippen LogP contribution in [0.4, 0.5) is 0 Å². The predicted molar refractivity (Wildman–Crippen MR) is 59.9 cm³/mol. The molecular weight excluding hydrogens is 240 g/mol. The second kappa shape index (κ2) is 3.88. The van der Waals surface area contributed by atoms with Gasteiger partial charge in [0.25, 0.3) is 0 Å². The van der Waals surface area contributed by atoms with E-state index in [0.29, 0.717) is 0 Å². The smallest absolute Gasteiger partial charge is 0.128 e. The van der Waals surface area contributed by atoms with Crippen molar-refractivity contribution in [1.82, 2.24) is 10.2 Å². The van der Waals surface area contributed by atoms with Gasteiger partial charge in [0, 0.05) is 5.56 Å². The van der Waals surface area contributed by atoms with Crippen LogP contribution < -0.4 is 0 Å². The van der Waals surface area contributed by atoms with E-state index in [2.05, 4.69) is 45.2 Å². The van der Waals surface area contributed by atoms with Gasteiger partial charge in [-0.3, -0.25) is 0 Å². The molecule has 1 aromatic heterocycles. The Morgan fingerprint density at radius 2 is 1.93 bits per heavy atom. The SMILES string of the molecule is Cc1cccc(-c2ccc(Br)nn2)c1. The van der Waals surface area contributed by atoms with E-state index in [1.807, 2.05) is 24.3 Å². The van der Waals surface area contributed by atoms with Gasteiger partial charge in [0.05, 0.1) is 5.69 Å². The van der Waals surface area contributed by atoms with Gasteiger partial charge in [0.1, 0.15) is 4.60 Å². The largest absolute Gasteiger partial charge is 0.149 e. The molecule has 0 N–H and O–H groups in total. The first-order valence-corrected chi connectivity index (χ1v) is 5.11. The van der Waals surface area contributed by atoms with Gasteiger partial charge in [-0.05, 0) is 41.1 Å². The topological polar surface area (TPSA) is 25.8 Å². The van der Waals surface area contributed by atoms with Gasteiger partial charge in [-0.15, -0.1) is 10.2 Å². The molecule has 0 saturated carbocycles. The molecule has 0 aliphatic rings. The number of aromatic nitrogens is 2. The number of aryl methyl sites for hydroxylation is 1. The van der Waals surface area contributed by atoms with E-state index < -0.39 is 0 Å². The fourth-order valence-corrected chi connectivity index (χ4v) is 1.49. The average Bonchev–Trinajstić information content (AvgIpc) is 2.19. The maximum absolute atomic E-state index is 4.09. The zero-order chi connectivity index (χ0) is 9.97. The van der Waals surface area contributed by atoms with Gasteiger partial charge in [0.15, 0.2) is 0 Å². The summed E-state index contributed by atoms with van der Waals surface area (Å²) in [4.78, 5) is 0. The second-order valence-corrected chi connectivity index (χ2v) is 3.92. The van der Waals surface area contributed by atoms with E-state index in [1.54, 1.807) is 0 Å². The van der Waals surface area contributed by atoms with Gasteiger partial charge in [-0.1, -0.05) is 23.8 Å². The van der Waals surface area contributed by atoms with E-state index >= 15 is 0 Å². The van der Waals surface area contributed by atoms with Crippen LogP contribution in [0.3, 0.4) is 0 Å².